The summed E-state index contributed by atoms with van der Waals surface area (Å²) in [6.07, 6.45) is 1.56. The maximum Gasteiger partial charge on any atom is 0.225 e. The first-order chi connectivity index (χ1) is 12.2. The summed E-state index contributed by atoms with van der Waals surface area (Å²) in [4.78, 5) is 20.9. The minimum atomic E-state index is 0.203. The predicted octanol–water partition coefficient (Wildman–Crippen LogP) is 3.37. The molecule has 25 heavy (non-hydrogen) atoms. The van der Waals surface area contributed by atoms with E-state index in [1.165, 1.54) is 5.56 Å². The van der Waals surface area contributed by atoms with Crippen molar-refractivity contribution in [1.29, 1.82) is 0 Å². The van der Waals surface area contributed by atoms with Gasteiger partial charge < -0.3 is 9.64 Å². The number of ether oxygens (including phenoxy) is 1. The van der Waals surface area contributed by atoms with E-state index < -0.39 is 0 Å². The summed E-state index contributed by atoms with van der Waals surface area (Å²) in [6, 6.07) is 8.29. The van der Waals surface area contributed by atoms with Crippen LogP contribution in [-0.2, 0) is 4.74 Å². The maximum atomic E-state index is 6.19. The molecular weight excluding hydrogens is 358 g/mol. The topological polar surface area (TPSA) is 64.0 Å². The van der Waals surface area contributed by atoms with E-state index >= 15 is 0 Å². The van der Waals surface area contributed by atoms with Crippen molar-refractivity contribution < 1.29 is 4.74 Å². The van der Waals surface area contributed by atoms with Gasteiger partial charge in [0.15, 0.2) is 5.82 Å². The molecule has 0 aliphatic carbocycles. The molecule has 3 aromatic rings. The highest BCUT2D eigenvalue weighted by Crippen LogP contribution is 2.33. The predicted molar refractivity (Wildman–Crippen MR) is 98.5 cm³/mol. The lowest BCUT2D eigenvalue weighted by molar-refractivity contribution is 0.122. The molecule has 0 atom stereocenters. The highest BCUT2D eigenvalue weighted by molar-refractivity contribution is 7.99. The molecule has 0 saturated carbocycles. The van der Waals surface area contributed by atoms with Crippen LogP contribution in [0.25, 0.3) is 11.0 Å². The van der Waals surface area contributed by atoms with Gasteiger partial charge in [-0.2, -0.15) is 4.98 Å². The van der Waals surface area contributed by atoms with E-state index in [0.717, 1.165) is 34.3 Å². The summed E-state index contributed by atoms with van der Waals surface area (Å²) in [5.74, 6) is 0.742. The van der Waals surface area contributed by atoms with Crippen molar-refractivity contribution in [3.05, 3.63) is 41.4 Å². The summed E-state index contributed by atoms with van der Waals surface area (Å²) in [5, 5.41) is 0.974. The average Bonchev–Trinajstić information content (AvgIpc) is 2.64. The molecular formula is C17H16ClN5OS. The zero-order valence-electron chi connectivity index (χ0n) is 13.6. The van der Waals surface area contributed by atoms with Crippen LogP contribution in [0.2, 0.25) is 5.28 Å². The summed E-state index contributed by atoms with van der Waals surface area (Å²) in [6.45, 7) is 4.91. The Morgan fingerprint density at radius 1 is 1.04 bits per heavy atom. The second-order valence-corrected chi connectivity index (χ2v) is 7.11. The summed E-state index contributed by atoms with van der Waals surface area (Å²) in [5.41, 5.74) is 2.61. The number of morpholine rings is 1. The third kappa shape index (κ3) is 3.53. The molecule has 128 valence electrons. The first kappa shape index (κ1) is 16.5. The number of aromatic nitrogens is 4. The lowest BCUT2D eigenvalue weighted by Gasteiger charge is -2.28. The van der Waals surface area contributed by atoms with Crippen molar-refractivity contribution in [1.82, 2.24) is 19.9 Å². The molecule has 8 heteroatoms. The second-order valence-electron chi connectivity index (χ2n) is 5.71. The first-order valence-electron chi connectivity index (χ1n) is 7.96. The highest BCUT2D eigenvalue weighted by atomic mass is 35.5. The molecule has 2 aromatic heterocycles. The van der Waals surface area contributed by atoms with Crippen LogP contribution in [0, 0.1) is 6.92 Å². The fourth-order valence-electron chi connectivity index (χ4n) is 2.67. The molecule has 0 bridgehead atoms. The van der Waals surface area contributed by atoms with E-state index in [1.807, 2.05) is 0 Å². The van der Waals surface area contributed by atoms with E-state index in [9.17, 15) is 0 Å². The van der Waals surface area contributed by atoms with Crippen LogP contribution in [-0.4, -0.2) is 46.2 Å². The number of hydrogen-bond acceptors (Lipinski definition) is 7. The summed E-state index contributed by atoms with van der Waals surface area (Å²) in [7, 11) is 0. The Bertz CT molecular complexity index is 899. The minimum absolute atomic E-state index is 0.203. The van der Waals surface area contributed by atoms with Gasteiger partial charge in [-0.05, 0) is 30.7 Å². The van der Waals surface area contributed by atoms with Crippen molar-refractivity contribution in [2.75, 3.05) is 31.2 Å². The molecule has 1 aromatic carbocycles. The van der Waals surface area contributed by atoms with E-state index in [1.54, 1.807) is 18.1 Å². The van der Waals surface area contributed by atoms with E-state index in [4.69, 9.17) is 16.3 Å². The molecule has 0 radical (unpaired) electrons. The molecule has 0 unspecified atom stereocenters. The molecule has 1 fully saturated rings. The zero-order chi connectivity index (χ0) is 17.2. The lowest BCUT2D eigenvalue weighted by atomic mass is 10.2. The average molecular weight is 374 g/mol. The quantitative estimate of drug-likeness (QED) is 0.515. The number of fused-ring (bicyclic) bond motifs is 1. The Kier molecular flexibility index (Phi) is 4.70. The Morgan fingerprint density at radius 3 is 2.56 bits per heavy atom. The Labute approximate surface area is 154 Å². The van der Waals surface area contributed by atoms with Crippen molar-refractivity contribution in [3.8, 4) is 0 Å². The van der Waals surface area contributed by atoms with Crippen LogP contribution in [0.4, 0.5) is 5.82 Å². The Hall–Kier alpha value is -1.96. The van der Waals surface area contributed by atoms with Gasteiger partial charge in [0.2, 0.25) is 5.28 Å². The second kappa shape index (κ2) is 7.11. The number of halogens is 1. The third-order valence-corrected chi connectivity index (χ3v) is 5.12. The molecule has 1 aliphatic heterocycles. The smallest absolute Gasteiger partial charge is 0.225 e. The number of hydrogen-bond donors (Lipinski definition) is 0. The number of nitrogens with zero attached hydrogens (tertiary/aromatic N) is 5. The van der Waals surface area contributed by atoms with Gasteiger partial charge in [0.25, 0.3) is 0 Å². The van der Waals surface area contributed by atoms with Crippen molar-refractivity contribution in [2.24, 2.45) is 0 Å². The van der Waals surface area contributed by atoms with E-state index in [2.05, 4.69) is 56.0 Å². The molecule has 6 nitrogen and oxygen atoms in total. The number of anilines is 1. The van der Waals surface area contributed by atoms with Gasteiger partial charge in [-0.3, -0.25) is 0 Å². The molecule has 0 amide bonds. The lowest BCUT2D eigenvalue weighted by Crippen LogP contribution is -2.37. The monoisotopic (exact) mass is 373 g/mol. The number of benzene rings is 1. The van der Waals surface area contributed by atoms with E-state index in [-0.39, 0.29) is 5.28 Å². The van der Waals surface area contributed by atoms with Crippen LogP contribution in [0.15, 0.2) is 40.5 Å². The molecule has 1 saturated heterocycles. The zero-order valence-corrected chi connectivity index (χ0v) is 15.2. The largest absolute Gasteiger partial charge is 0.378 e. The molecule has 0 N–H and O–H groups in total. The molecule has 3 heterocycles. The summed E-state index contributed by atoms with van der Waals surface area (Å²) >= 11 is 7.74. The van der Waals surface area contributed by atoms with Crippen LogP contribution in [0.1, 0.15) is 5.56 Å². The Morgan fingerprint density at radius 2 is 1.80 bits per heavy atom. The van der Waals surface area contributed by atoms with Gasteiger partial charge >= 0.3 is 0 Å². The summed E-state index contributed by atoms with van der Waals surface area (Å²) < 4.78 is 5.42. The van der Waals surface area contributed by atoms with Gasteiger partial charge in [0.05, 0.1) is 13.2 Å². The minimum Gasteiger partial charge on any atom is -0.378 e. The van der Waals surface area contributed by atoms with Crippen LogP contribution >= 0.6 is 23.4 Å². The molecule has 0 spiro atoms. The third-order valence-electron chi connectivity index (χ3n) is 3.95. The van der Waals surface area contributed by atoms with Gasteiger partial charge in [-0.25, -0.2) is 15.0 Å². The van der Waals surface area contributed by atoms with Gasteiger partial charge in [-0.15, -0.1) is 0 Å². The van der Waals surface area contributed by atoms with Crippen LogP contribution in [0.3, 0.4) is 0 Å². The van der Waals surface area contributed by atoms with Crippen molar-refractivity contribution in [2.45, 2.75) is 16.8 Å². The highest BCUT2D eigenvalue weighted by Gasteiger charge is 2.20. The molecule has 1 aliphatic rings. The van der Waals surface area contributed by atoms with Crippen LogP contribution in [0.5, 0.6) is 0 Å². The van der Waals surface area contributed by atoms with Crippen molar-refractivity contribution in [3.63, 3.8) is 0 Å². The number of rotatable bonds is 3. The number of aryl methyl sites for hydroxylation is 1. The molecule has 4 rings (SSSR count). The Balaban J connectivity index is 1.78. The fourth-order valence-corrected chi connectivity index (χ4v) is 3.67. The standard InChI is InChI=1S/C17H16ClN5OS/c1-11-2-4-12(5-3-11)25-16-14-13(19-10-20-16)15(22-17(18)21-14)23-6-8-24-9-7-23/h2-5,10H,6-9H2,1H3. The van der Waals surface area contributed by atoms with Gasteiger partial charge in [-0.1, -0.05) is 29.5 Å². The SMILES string of the molecule is Cc1ccc(Sc2ncnc3c(N4CCOCC4)nc(Cl)nc23)cc1. The van der Waals surface area contributed by atoms with Crippen LogP contribution < -0.4 is 4.90 Å². The maximum absolute atomic E-state index is 6.19. The van der Waals surface area contributed by atoms with Crippen molar-refractivity contribution >= 4 is 40.2 Å². The van der Waals surface area contributed by atoms with Gasteiger partial charge in [0, 0.05) is 18.0 Å². The normalized spacial score (nSPS) is 14.9. The van der Waals surface area contributed by atoms with E-state index in [0.29, 0.717) is 18.7 Å². The fraction of sp³-hybridized carbons (Fsp3) is 0.294. The van der Waals surface area contributed by atoms with Gasteiger partial charge in [0.1, 0.15) is 22.4 Å². The first-order valence-corrected chi connectivity index (χ1v) is 9.15.